The van der Waals surface area contributed by atoms with Gasteiger partial charge in [-0.05, 0) is 0 Å². The number of rotatable bonds is 0. The first-order valence-electron chi connectivity index (χ1n) is 0.561. The molecule has 4 heavy (non-hydrogen) atoms. The van der Waals surface area contributed by atoms with Crippen molar-refractivity contribution in [2.45, 2.75) is 0 Å². The van der Waals surface area contributed by atoms with Crippen molar-refractivity contribution in [3.05, 3.63) is 0 Å². The van der Waals surface area contributed by atoms with Gasteiger partial charge in [-0.1, -0.05) is 0 Å². The van der Waals surface area contributed by atoms with Crippen molar-refractivity contribution in [2.24, 2.45) is 0 Å². The Hall–Kier alpha value is 0.989. The van der Waals surface area contributed by atoms with Gasteiger partial charge in [0.15, 0.2) is 0 Å². The van der Waals surface area contributed by atoms with Crippen LogP contribution in [0.4, 0.5) is 4.79 Å². The van der Waals surface area contributed by atoms with Crippen molar-refractivity contribution in [1.29, 1.82) is 0 Å². The average Bonchev–Trinajstić information content (AvgIpc) is 0.811. The maximum absolute atomic E-state index is 8.94. The molecule has 0 aromatic heterocycles. The zero-order chi connectivity index (χ0) is 3.58. The summed E-state index contributed by atoms with van der Waals surface area (Å²) in [6, 6.07) is 0. The van der Waals surface area contributed by atoms with E-state index < -0.39 is 0.727 Å². The Labute approximate surface area is 54.4 Å². The van der Waals surface area contributed by atoms with Gasteiger partial charge in [0.25, 0.3) is 0 Å². The monoisotopic (exact) mass is 219 g/mol. The Kier molecular flexibility index (Phi) is 2.79. The molecule has 1 N–H and O–H groups in total. The molecular weight excluding hydrogens is 217 g/mol. The van der Waals surface area contributed by atoms with Gasteiger partial charge in [0.1, 0.15) is 0 Å². The van der Waals surface area contributed by atoms with Crippen LogP contribution in [0.5, 0.6) is 0 Å². The van der Waals surface area contributed by atoms with Crippen LogP contribution in [0.15, 0.2) is 0 Å². The van der Waals surface area contributed by atoms with Gasteiger partial charge in [-0.2, -0.15) is 0 Å². The summed E-state index contributed by atoms with van der Waals surface area (Å²) in [4.78, 5) is 8.94. The summed E-state index contributed by atoms with van der Waals surface area (Å²) in [5.74, 6) is 0. The average molecular weight is 218 g/mol. The molecule has 0 atom stereocenters. The Bertz CT molecular complexity index is 29.0. The predicted molar refractivity (Wildman–Crippen MR) is 8.02 cm³/mol. The molecule has 2 nitrogen and oxygen atoms in total. The molecule has 0 saturated carbocycles. The molecule has 0 rings (SSSR count). The zero-order valence-corrected chi connectivity index (χ0v) is 3.34. The maximum atomic E-state index is 8.94. The standard InChI is InChI=1S/CHO2.Yb/c2-1-3;/h(H,2,3);. The fourth-order valence-electron chi connectivity index (χ4n) is 0. The number of hydrogen-bond acceptors (Lipinski definition) is 1. The van der Waals surface area contributed by atoms with Crippen molar-refractivity contribution in [1.82, 2.24) is 0 Å². The second-order valence-electron chi connectivity index (χ2n) is 0.206. The fraction of sp³-hybridized carbons (Fsp3) is 0. The van der Waals surface area contributed by atoms with Crippen molar-refractivity contribution >= 4 is 0.727 Å². The summed E-state index contributed by atoms with van der Waals surface area (Å²) in [5, 5.41) is 7.35. The van der Waals surface area contributed by atoms with Gasteiger partial charge in [0.2, 0.25) is 0 Å². The quantitative estimate of drug-likeness (QED) is 0.631. The van der Waals surface area contributed by atoms with Crippen molar-refractivity contribution in [3.63, 3.8) is 0 Å². The van der Waals surface area contributed by atoms with Gasteiger partial charge in [-0.3, -0.25) is 0 Å². The van der Waals surface area contributed by atoms with Crippen LogP contribution in [0.1, 0.15) is 0 Å². The van der Waals surface area contributed by atoms with E-state index >= 15 is 0 Å². The van der Waals surface area contributed by atoms with Crippen LogP contribution in [-0.4, -0.2) is 5.83 Å². The molecule has 0 unspecified atom stereocenters. The van der Waals surface area contributed by atoms with E-state index in [0.29, 0.717) is 0 Å². The SMILES string of the molecule is O=[C](O)[Yb]. The molecule has 0 spiro atoms. The molecular formula is CHO2Yb. The molecule has 3 heteroatoms. The Balaban J connectivity index is 2.80. The fourth-order valence-corrected chi connectivity index (χ4v) is 0. The van der Waals surface area contributed by atoms with E-state index in [1.54, 1.807) is 0 Å². The van der Waals surface area contributed by atoms with Crippen LogP contribution in [0, 0.1) is 44.6 Å². The normalized spacial score (nSPS) is 6.50. The molecule has 0 saturated heterocycles. The van der Waals surface area contributed by atoms with Crippen molar-refractivity contribution in [3.8, 4) is 0 Å². The molecule has 0 fully saturated rings. The Morgan fingerprint density at radius 1 is 2.00 bits per heavy atom. The molecule has 0 aliphatic heterocycles. The second kappa shape index (κ2) is 2.24. The van der Waals surface area contributed by atoms with Gasteiger partial charge in [0, 0.05) is 0 Å². The molecule has 0 amide bonds. The van der Waals surface area contributed by atoms with Crippen LogP contribution in [0.25, 0.3) is 0 Å². The molecule has 31 valence electrons. The van der Waals surface area contributed by atoms with Crippen LogP contribution < -0.4 is 0 Å². The van der Waals surface area contributed by atoms with E-state index in [1.807, 2.05) is 44.6 Å². The number of carboxylic acid groups (broad SMARTS) is 1. The van der Waals surface area contributed by atoms with Crippen LogP contribution in [0.3, 0.4) is 0 Å². The molecule has 0 aliphatic carbocycles. The minimum absolute atomic E-state index is 0.972. The van der Waals surface area contributed by atoms with Crippen LogP contribution >= 0.6 is 0 Å². The number of carbonyl (C=O) groups is 1. The van der Waals surface area contributed by atoms with E-state index in [0.717, 1.165) is 0 Å². The molecule has 0 aromatic rings. The molecule has 0 radical (unpaired) electrons. The summed E-state index contributed by atoms with van der Waals surface area (Å²) in [6.07, 6.45) is 0. The van der Waals surface area contributed by atoms with Gasteiger partial charge in [-0.15, -0.1) is 0 Å². The minimum atomic E-state index is -0.972. The van der Waals surface area contributed by atoms with E-state index in [9.17, 15) is 0 Å². The van der Waals surface area contributed by atoms with E-state index in [1.165, 1.54) is 0 Å². The molecule has 0 heterocycles. The second-order valence-corrected chi connectivity index (χ2v) is 0.939. The van der Waals surface area contributed by atoms with Crippen LogP contribution in [-0.2, 0) is 0 Å². The zero-order valence-electron chi connectivity index (χ0n) is 1.62. The Morgan fingerprint density at radius 3 is 2.00 bits per heavy atom. The summed E-state index contributed by atoms with van der Waals surface area (Å²) < 4.78 is -0.972. The van der Waals surface area contributed by atoms with Crippen molar-refractivity contribution < 1.29 is 54.5 Å². The topological polar surface area (TPSA) is 37.3 Å². The summed E-state index contributed by atoms with van der Waals surface area (Å²) in [6.45, 7) is 0. The van der Waals surface area contributed by atoms with E-state index in [-0.39, 0.29) is 0 Å². The van der Waals surface area contributed by atoms with E-state index in [4.69, 9.17) is 9.90 Å². The van der Waals surface area contributed by atoms with Crippen molar-refractivity contribution in [2.75, 3.05) is 0 Å². The third-order valence-electron chi connectivity index (χ3n) is 0. The predicted octanol–water partition coefficient (Wildman–Crippen LogP) is 0.214. The first-order chi connectivity index (χ1) is 1.73. The summed E-state index contributed by atoms with van der Waals surface area (Å²) in [5.41, 5.74) is 0. The van der Waals surface area contributed by atoms with Gasteiger partial charge < -0.3 is 0 Å². The first kappa shape index (κ1) is 4.99. The van der Waals surface area contributed by atoms with Gasteiger partial charge in [-0.25, -0.2) is 0 Å². The summed E-state index contributed by atoms with van der Waals surface area (Å²) >= 11 is 1.90. The van der Waals surface area contributed by atoms with Gasteiger partial charge in [0.05, 0.1) is 0 Å². The van der Waals surface area contributed by atoms with Crippen LogP contribution in [0.2, 0.25) is 0 Å². The van der Waals surface area contributed by atoms with Gasteiger partial charge >= 0.3 is 55.3 Å². The summed E-state index contributed by atoms with van der Waals surface area (Å²) in [7, 11) is 0. The van der Waals surface area contributed by atoms with E-state index in [2.05, 4.69) is 0 Å². The Morgan fingerprint density at radius 2 is 2.00 bits per heavy atom. The molecule has 0 bridgehead atoms. The number of hydrogen-bond donors (Lipinski definition) is 1. The first-order valence-corrected chi connectivity index (χ1v) is 1.42. The molecule has 0 aliphatic rings. The molecule has 0 aromatic carbocycles. The third-order valence-corrected chi connectivity index (χ3v) is 0. The third kappa shape index (κ3) is 12.1.